The number of rotatable bonds is 1. The summed E-state index contributed by atoms with van der Waals surface area (Å²) >= 11 is 3.60. The first-order valence-electron chi connectivity index (χ1n) is 5.12. The molecule has 3 heteroatoms. The predicted molar refractivity (Wildman–Crippen MR) is 62.6 cm³/mol. The van der Waals surface area contributed by atoms with E-state index in [-0.39, 0.29) is 5.82 Å². The van der Waals surface area contributed by atoms with Gasteiger partial charge in [0.1, 0.15) is 5.82 Å². The van der Waals surface area contributed by atoms with Crippen molar-refractivity contribution < 1.29 is 4.39 Å². The van der Waals surface area contributed by atoms with Gasteiger partial charge in [-0.15, -0.1) is 0 Å². The molecule has 0 N–H and O–H groups in total. The van der Waals surface area contributed by atoms with E-state index < -0.39 is 0 Å². The molecule has 15 heavy (non-hydrogen) atoms. The first-order chi connectivity index (χ1) is 7.18. The Morgan fingerprint density at radius 3 is 2.80 bits per heavy atom. The maximum atomic E-state index is 13.2. The molecule has 1 aliphatic rings. The van der Waals surface area contributed by atoms with Gasteiger partial charge in [-0.05, 0) is 58.5 Å². The second-order valence-corrected chi connectivity index (χ2v) is 4.95. The smallest absolute Gasteiger partial charge is 0.123 e. The van der Waals surface area contributed by atoms with Gasteiger partial charge >= 0.3 is 0 Å². The highest BCUT2D eigenvalue weighted by Crippen LogP contribution is 2.47. The Hall–Kier alpha value is -0.830. The van der Waals surface area contributed by atoms with E-state index in [9.17, 15) is 4.39 Å². The maximum Gasteiger partial charge on any atom is 0.123 e. The number of benzene rings is 1. The lowest BCUT2D eigenvalue weighted by Crippen LogP contribution is -1.87. The van der Waals surface area contributed by atoms with Crippen LogP contribution in [0.4, 0.5) is 4.39 Å². The lowest BCUT2D eigenvalue weighted by molar-refractivity contribution is 0.629. The quantitative estimate of drug-likeness (QED) is 0.737. The Kier molecular flexibility index (Phi) is 1.93. The molecule has 3 rings (SSSR count). The van der Waals surface area contributed by atoms with Gasteiger partial charge in [0.05, 0.1) is 4.60 Å². The molecular formula is C12H11BrFN. The van der Waals surface area contributed by atoms with Crippen molar-refractivity contribution in [3.05, 3.63) is 34.2 Å². The van der Waals surface area contributed by atoms with Crippen LogP contribution < -0.4 is 0 Å². The molecule has 0 atom stereocenters. The van der Waals surface area contributed by atoms with Crippen molar-refractivity contribution in [1.82, 2.24) is 4.57 Å². The van der Waals surface area contributed by atoms with Crippen LogP contribution in [0.15, 0.2) is 22.8 Å². The van der Waals surface area contributed by atoms with E-state index in [1.54, 1.807) is 6.07 Å². The second kappa shape index (κ2) is 3.08. The summed E-state index contributed by atoms with van der Waals surface area (Å²) in [4.78, 5) is 0. The first kappa shape index (κ1) is 9.40. The summed E-state index contributed by atoms with van der Waals surface area (Å²) in [6.45, 7) is 0. The zero-order valence-electron chi connectivity index (χ0n) is 8.43. The van der Waals surface area contributed by atoms with Crippen molar-refractivity contribution >= 4 is 26.8 Å². The molecule has 0 bridgehead atoms. The molecule has 1 nitrogen and oxygen atoms in total. The minimum absolute atomic E-state index is 0.150. The van der Waals surface area contributed by atoms with E-state index in [0.29, 0.717) is 5.92 Å². The fraction of sp³-hybridized carbons (Fsp3) is 0.333. The zero-order valence-corrected chi connectivity index (χ0v) is 10.0. The van der Waals surface area contributed by atoms with Crippen molar-refractivity contribution in [2.45, 2.75) is 18.8 Å². The molecule has 1 aromatic carbocycles. The number of fused-ring (bicyclic) bond motifs is 1. The van der Waals surface area contributed by atoms with Crippen molar-refractivity contribution in [1.29, 1.82) is 0 Å². The number of hydrogen-bond donors (Lipinski definition) is 0. The fourth-order valence-corrected chi connectivity index (χ4v) is 2.90. The molecule has 0 radical (unpaired) electrons. The van der Waals surface area contributed by atoms with Gasteiger partial charge in [-0.1, -0.05) is 0 Å². The molecule has 0 spiro atoms. The molecule has 78 valence electrons. The Balaban J connectivity index is 2.40. The zero-order chi connectivity index (χ0) is 10.6. The molecule has 1 aromatic heterocycles. The van der Waals surface area contributed by atoms with Crippen LogP contribution in [0.3, 0.4) is 0 Å². The summed E-state index contributed by atoms with van der Waals surface area (Å²) in [6, 6.07) is 5.01. The molecule has 1 aliphatic carbocycles. The largest absolute Gasteiger partial charge is 0.338 e. The van der Waals surface area contributed by atoms with Gasteiger partial charge in [-0.3, -0.25) is 0 Å². The van der Waals surface area contributed by atoms with Gasteiger partial charge in [0.25, 0.3) is 0 Å². The van der Waals surface area contributed by atoms with E-state index in [1.165, 1.54) is 24.5 Å². The van der Waals surface area contributed by atoms with Crippen molar-refractivity contribution in [3.8, 4) is 0 Å². The molecule has 0 unspecified atom stereocenters. The summed E-state index contributed by atoms with van der Waals surface area (Å²) in [5.74, 6) is 0.479. The van der Waals surface area contributed by atoms with Crippen LogP contribution in [0.5, 0.6) is 0 Å². The Morgan fingerprint density at radius 1 is 1.40 bits per heavy atom. The van der Waals surface area contributed by atoms with E-state index >= 15 is 0 Å². The highest BCUT2D eigenvalue weighted by molar-refractivity contribution is 9.10. The van der Waals surface area contributed by atoms with Crippen LogP contribution in [-0.4, -0.2) is 4.57 Å². The number of hydrogen-bond acceptors (Lipinski definition) is 0. The van der Waals surface area contributed by atoms with Crippen molar-refractivity contribution in [2.75, 3.05) is 0 Å². The lowest BCUT2D eigenvalue weighted by Gasteiger charge is -1.96. The van der Waals surface area contributed by atoms with Crippen molar-refractivity contribution in [3.63, 3.8) is 0 Å². The highest BCUT2D eigenvalue weighted by atomic mass is 79.9. The van der Waals surface area contributed by atoms with Gasteiger partial charge in [0.2, 0.25) is 0 Å². The molecule has 0 saturated heterocycles. The summed E-state index contributed by atoms with van der Waals surface area (Å²) < 4.78 is 16.4. The van der Waals surface area contributed by atoms with Crippen LogP contribution in [0.2, 0.25) is 0 Å². The van der Waals surface area contributed by atoms with Crippen LogP contribution in [0.1, 0.15) is 24.3 Å². The van der Waals surface area contributed by atoms with Crippen molar-refractivity contribution in [2.24, 2.45) is 7.05 Å². The Bertz CT molecular complexity index is 540. The molecular weight excluding hydrogens is 257 g/mol. The number of aromatic nitrogens is 1. The molecule has 2 aromatic rings. The maximum absolute atomic E-state index is 13.2. The minimum atomic E-state index is -0.150. The molecule has 1 fully saturated rings. The number of aryl methyl sites for hydroxylation is 1. The molecule has 1 heterocycles. The van der Waals surface area contributed by atoms with E-state index in [1.807, 2.05) is 13.1 Å². The summed E-state index contributed by atoms with van der Waals surface area (Å²) in [5.41, 5.74) is 2.39. The molecule has 0 amide bonds. The number of nitrogens with zero attached hydrogens (tertiary/aromatic N) is 1. The van der Waals surface area contributed by atoms with Gasteiger partial charge in [0.15, 0.2) is 0 Å². The van der Waals surface area contributed by atoms with Crippen LogP contribution in [-0.2, 0) is 7.05 Å². The van der Waals surface area contributed by atoms with Crippen LogP contribution >= 0.6 is 15.9 Å². The van der Waals surface area contributed by atoms with Crippen LogP contribution in [0, 0.1) is 5.82 Å². The van der Waals surface area contributed by atoms with Gasteiger partial charge < -0.3 is 4.57 Å². The van der Waals surface area contributed by atoms with Gasteiger partial charge in [-0.25, -0.2) is 4.39 Å². The Labute approximate surface area is 96.0 Å². The Morgan fingerprint density at radius 2 is 2.13 bits per heavy atom. The summed E-state index contributed by atoms with van der Waals surface area (Å²) in [7, 11) is 2.01. The average molecular weight is 268 g/mol. The van der Waals surface area contributed by atoms with E-state index in [4.69, 9.17) is 0 Å². The van der Waals surface area contributed by atoms with E-state index in [0.717, 1.165) is 15.5 Å². The number of halogens is 2. The third-order valence-corrected chi connectivity index (χ3v) is 4.07. The topological polar surface area (TPSA) is 4.93 Å². The minimum Gasteiger partial charge on any atom is -0.338 e. The molecule has 1 saturated carbocycles. The predicted octanol–water partition coefficient (Wildman–Crippen LogP) is 3.96. The lowest BCUT2D eigenvalue weighted by atomic mass is 10.1. The first-order valence-corrected chi connectivity index (χ1v) is 5.91. The van der Waals surface area contributed by atoms with Crippen LogP contribution in [0.25, 0.3) is 10.9 Å². The summed E-state index contributed by atoms with van der Waals surface area (Å²) in [5, 5.41) is 1.06. The van der Waals surface area contributed by atoms with Gasteiger partial charge in [0, 0.05) is 18.0 Å². The third-order valence-electron chi connectivity index (χ3n) is 3.11. The summed E-state index contributed by atoms with van der Waals surface area (Å²) in [6.07, 6.45) is 2.46. The standard InChI is InChI=1S/C12H11BrFN/c1-15-10-5-4-8(14)6-9(10)11(12(15)13)7-2-3-7/h4-7H,2-3H2,1H3. The fourth-order valence-electron chi connectivity index (χ4n) is 2.17. The van der Waals surface area contributed by atoms with Gasteiger partial charge in [-0.2, -0.15) is 0 Å². The second-order valence-electron chi connectivity index (χ2n) is 4.20. The van der Waals surface area contributed by atoms with E-state index in [2.05, 4.69) is 20.5 Å². The highest BCUT2D eigenvalue weighted by Gasteiger charge is 2.29. The monoisotopic (exact) mass is 267 g/mol. The molecule has 0 aliphatic heterocycles. The normalized spacial score (nSPS) is 16.2. The average Bonchev–Trinajstić information content (AvgIpc) is 2.98. The SMILES string of the molecule is Cn1c(Br)c(C2CC2)c2cc(F)ccc21. The third kappa shape index (κ3) is 1.33.